The number of nitrogens with zero attached hydrogens (tertiary/aromatic N) is 2. The molecule has 2 heterocycles. The van der Waals surface area contributed by atoms with Crippen LogP contribution in [-0.2, 0) is 0 Å². The lowest BCUT2D eigenvalue weighted by Gasteiger charge is -2.14. The van der Waals surface area contributed by atoms with E-state index in [1.807, 2.05) is 37.3 Å². The van der Waals surface area contributed by atoms with Crippen LogP contribution in [-0.4, -0.2) is 15.9 Å². The Labute approximate surface area is 133 Å². The van der Waals surface area contributed by atoms with Crippen LogP contribution < -0.4 is 11.1 Å². The number of furan rings is 1. The van der Waals surface area contributed by atoms with E-state index in [1.54, 1.807) is 18.2 Å². The molecule has 116 valence electrons. The average Bonchev–Trinajstić information content (AvgIpc) is 3.09. The fourth-order valence-corrected chi connectivity index (χ4v) is 2.23. The summed E-state index contributed by atoms with van der Waals surface area (Å²) in [7, 11) is 0. The van der Waals surface area contributed by atoms with Crippen molar-refractivity contribution in [2.45, 2.75) is 13.0 Å². The summed E-state index contributed by atoms with van der Waals surface area (Å²) in [6.45, 7) is 1.91. The number of carbonyl (C=O) groups is 1. The van der Waals surface area contributed by atoms with Crippen molar-refractivity contribution in [3.63, 3.8) is 0 Å². The highest BCUT2D eigenvalue weighted by Crippen LogP contribution is 2.19. The number of amides is 1. The standard InChI is InChI=1S/C17H16N4O2/c1-11(12-6-3-2-4-7-12)19-16(22)14-10-13(20-17(18)21-14)15-8-5-9-23-15/h2-11H,1H3,(H,19,22)(H2,18,20,21)/t11-/m1/s1. The van der Waals surface area contributed by atoms with Crippen LogP contribution in [0.3, 0.4) is 0 Å². The molecule has 0 unspecified atom stereocenters. The molecule has 0 saturated heterocycles. The van der Waals surface area contributed by atoms with Crippen molar-refractivity contribution < 1.29 is 9.21 Å². The highest BCUT2D eigenvalue weighted by atomic mass is 16.3. The van der Waals surface area contributed by atoms with Gasteiger partial charge in [0.25, 0.3) is 5.91 Å². The summed E-state index contributed by atoms with van der Waals surface area (Å²) >= 11 is 0. The predicted octanol–water partition coefficient (Wildman–Crippen LogP) is 2.81. The number of nitrogen functional groups attached to an aromatic ring is 1. The Bertz CT molecular complexity index is 801. The Morgan fingerprint density at radius 3 is 2.65 bits per heavy atom. The number of rotatable bonds is 4. The van der Waals surface area contributed by atoms with E-state index in [9.17, 15) is 4.79 Å². The van der Waals surface area contributed by atoms with Crippen molar-refractivity contribution in [1.29, 1.82) is 0 Å². The van der Waals surface area contributed by atoms with Gasteiger partial charge in [0.05, 0.1) is 12.3 Å². The van der Waals surface area contributed by atoms with Crippen LogP contribution in [0.1, 0.15) is 29.0 Å². The highest BCUT2D eigenvalue weighted by Gasteiger charge is 2.15. The molecule has 1 amide bonds. The third kappa shape index (κ3) is 3.37. The van der Waals surface area contributed by atoms with Gasteiger partial charge in [-0.25, -0.2) is 9.97 Å². The number of hydrogen-bond donors (Lipinski definition) is 2. The third-order valence-corrected chi connectivity index (χ3v) is 3.40. The fourth-order valence-electron chi connectivity index (χ4n) is 2.23. The maximum Gasteiger partial charge on any atom is 0.270 e. The first-order chi connectivity index (χ1) is 11.1. The van der Waals surface area contributed by atoms with Gasteiger partial charge in [0.15, 0.2) is 5.76 Å². The van der Waals surface area contributed by atoms with E-state index in [4.69, 9.17) is 10.2 Å². The van der Waals surface area contributed by atoms with E-state index in [0.717, 1.165) is 5.56 Å². The second-order valence-corrected chi connectivity index (χ2v) is 5.08. The maximum absolute atomic E-state index is 12.4. The minimum Gasteiger partial charge on any atom is -0.463 e. The van der Waals surface area contributed by atoms with Crippen molar-refractivity contribution in [2.24, 2.45) is 0 Å². The summed E-state index contributed by atoms with van der Waals surface area (Å²) in [5, 5.41) is 2.90. The molecule has 6 heteroatoms. The molecule has 0 aliphatic carbocycles. The smallest absolute Gasteiger partial charge is 0.270 e. The van der Waals surface area contributed by atoms with Crippen LogP contribution in [0, 0.1) is 0 Å². The molecule has 0 aliphatic heterocycles. The molecule has 23 heavy (non-hydrogen) atoms. The number of carbonyl (C=O) groups excluding carboxylic acids is 1. The van der Waals surface area contributed by atoms with Gasteiger partial charge in [0.2, 0.25) is 5.95 Å². The van der Waals surface area contributed by atoms with Gasteiger partial charge in [-0.15, -0.1) is 0 Å². The number of hydrogen-bond acceptors (Lipinski definition) is 5. The van der Waals surface area contributed by atoms with Gasteiger partial charge in [-0.2, -0.15) is 0 Å². The average molecular weight is 308 g/mol. The first-order valence-electron chi connectivity index (χ1n) is 7.18. The zero-order valence-corrected chi connectivity index (χ0v) is 12.6. The second kappa shape index (κ2) is 6.31. The van der Waals surface area contributed by atoms with Crippen LogP contribution in [0.5, 0.6) is 0 Å². The largest absolute Gasteiger partial charge is 0.463 e. The van der Waals surface area contributed by atoms with Gasteiger partial charge in [0, 0.05) is 0 Å². The quantitative estimate of drug-likeness (QED) is 0.773. The van der Waals surface area contributed by atoms with Gasteiger partial charge >= 0.3 is 0 Å². The van der Waals surface area contributed by atoms with E-state index in [0.29, 0.717) is 11.5 Å². The van der Waals surface area contributed by atoms with Crippen LogP contribution in [0.4, 0.5) is 5.95 Å². The molecule has 0 saturated carbocycles. The summed E-state index contributed by atoms with van der Waals surface area (Å²) < 4.78 is 5.28. The Balaban J connectivity index is 1.82. The number of nitrogens with two attached hydrogens (primary N) is 1. The lowest BCUT2D eigenvalue weighted by Crippen LogP contribution is -2.27. The topological polar surface area (TPSA) is 94.0 Å². The number of benzene rings is 1. The van der Waals surface area contributed by atoms with E-state index < -0.39 is 0 Å². The zero-order valence-electron chi connectivity index (χ0n) is 12.6. The molecular weight excluding hydrogens is 292 g/mol. The first kappa shape index (κ1) is 14.8. The molecule has 0 spiro atoms. The normalized spacial score (nSPS) is 11.9. The van der Waals surface area contributed by atoms with Crippen LogP contribution in [0.25, 0.3) is 11.5 Å². The molecule has 0 aliphatic rings. The fraction of sp³-hybridized carbons (Fsp3) is 0.118. The van der Waals surface area contributed by atoms with E-state index >= 15 is 0 Å². The molecule has 0 fully saturated rings. The molecule has 6 nitrogen and oxygen atoms in total. The molecular formula is C17H16N4O2. The minimum absolute atomic E-state index is 0.0245. The van der Waals surface area contributed by atoms with Crippen molar-refractivity contribution >= 4 is 11.9 Å². The number of anilines is 1. The van der Waals surface area contributed by atoms with Gasteiger partial charge in [-0.1, -0.05) is 30.3 Å². The Morgan fingerprint density at radius 2 is 1.96 bits per heavy atom. The van der Waals surface area contributed by atoms with Crippen molar-refractivity contribution in [3.05, 3.63) is 66.1 Å². The van der Waals surface area contributed by atoms with Gasteiger partial charge < -0.3 is 15.5 Å². The lowest BCUT2D eigenvalue weighted by molar-refractivity contribution is 0.0935. The summed E-state index contributed by atoms with van der Waals surface area (Å²) in [6, 6.07) is 14.6. The van der Waals surface area contributed by atoms with Gasteiger partial charge in [-0.3, -0.25) is 4.79 Å². The highest BCUT2D eigenvalue weighted by molar-refractivity contribution is 5.93. The molecule has 0 radical (unpaired) electrons. The van der Waals surface area contributed by atoms with E-state index in [2.05, 4.69) is 15.3 Å². The molecule has 3 N–H and O–H groups in total. The number of aromatic nitrogens is 2. The van der Waals surface area contributed by atoms with Gasteiger partial charge in [0.1, 0.15) is 11.4 Å². The lowest BCUT2D eigenvalue weighted by atomic mass is 10.1. The summed E-state index contributed by atoms with van der Waals surface area (Å²) in [5.74, 6) is 0.240. The molecule has 3 rings (SSSR count). The predicted molar refractivity (Wildman–Crippen MR) is 86.5 cm³/mol. The molecule has 3 aromatic rings. The zero-order chi connectivity index (χ0) is 16.2. The minimum atomic E-state index is -0.316. The van der Waals surface area contributed by atoms with Crippen molar-refractivity contribution in [3.8, 4) is 11.5 Å². The Hall–Kier alpha value is -3.15. The maximum atomic E-state index is 12.4. The Kier molecular flexibility index (Phi) is 4.05. The van der Waals surface area contributed by atoms with Crippen molar-refractivity contribution in [2.75, 3.05) is 5.73 Å². The van der Waals surface area contributed by atoms with Crippen molar-refractivity contribution in [1.82, 2.24) is 15.3 Å². The van der Waals surface area contributed by atoms with Crippen LogP contribution >= 0.6 is 0 Å². The summed E-state index contributed by atoms with van der Waals surface area (Å²) in [4.78, 5) is 20.5. The van der Waals surface area contributed by atoms with Gasteiger partial charge in [-0.05, 0) is 30.7 Å². The van der Waals surface area contributed by atoms with E-state index in [1.165, 1.54) is 6.26 Å². The monoisotopic (exact) mass is 308 g/mol. The summed E-state index contributed by atoms with van der Waals surface area (Å²) in [6.07, 6.45) is 1.53. The number of nitrogens with one attached hydrogen (secondary N) is 1. The molecule has 2 aromatic heterocycles. The van der Waals surface area contributed by atoms with Crippen LogP contribution in [0.2, 0.25) is 0 Å². The van der Waals surface area contributed by atoms with Crippen LogP contribution in [0.15, 0.2) is 59.2 Å². The Morgan fingerprint density at radius 1 is 1.17 bits per heavy atom. The molecule has 0 bridgehead atoms. The molecule has 1 atom stereocenters. The third-order valence-electron chi connectivity index (χ3n) is 3.40. The second-order valence-electron chi connectivity index (χ2n) is 5.08. The first-order valence-corrected chi connectivity index (χ1v) is 7.18. The van der Waals surface area contributed by atoms with E-state index in [-0.39, 0.29) is 23.6 Å². The SMILES string of the molecule is C[C@@H](NC(=O)c1cc(-c2ccco2)nc(N)n1)c1ccccc1. The molecule has 1 aromatic carbocycles. The summed E-state index contributed by atoms with van der Waals surface area (Å²) in [5.41, 5.74) is 7.38.